The van der Waals surface area contributed by atoms with Crippen LogP contribution in [0.25, 0.3) is 10.9 Å². The summed E-state index contributed by atoms with van der Waals surface area (Å²) < 4.78 is 6.78. The Morgan fingerprint density at radius 2 is 1.31 bits per heavy atom. The van der Waals surface area contributed by atoms with Crippen LogP contribution in [0.15, 0.2) is 109 Å². The fourth-order valence-corrected chi connectivity index (χ4v) is 4.63. The first-order valence-electron chi connectivity index (χ1n) is 11.0. The van der Waals surface area contributed by atoms with Crippen LogP contribution in [0.1, 0.15) is 27.2 Å². The number of rotatable bonds is 6. The molecule has 0 aliphatic heterocycles. The third-order valence-electron chi connectivity index (χ3n) is 6.15. The molecule has 4 aromatic carbocycles. The van der Waals surface area contributed by atoms with Crippen LogP contribution in [0, 0.1) is 10.1 Å². The van der Waals surface area contributed by atoms with E-state index in [0.717, 1.165) is 16.7 Å². The molecule has 35 heavy (non-hydrogen) atoms. The van der Waals surface area contributed by atoms with Crippen LogP contribution >= 0.6 is 0 Å². The summed E-state index contributed by atoms with van der Waals surface area (Å²) in [6, 6.07) is 34.0. The number of nitro benzene ring substituents is 1. The summed E-state index contributed by atoms with van der Waals surface area (Å²) in [5, 5.41) is 16.7. The van der Waals surface area contributed by atoms with Crippen LogP contribution < -0.4 is 0 Å². The van der Waals surface area contributed by atoms with E-state index >= 15 is 0 Å². The van der Waals surface area contributed by atoms with Crippen LogP contribution in [0.4, 0.5) is 5.69 Å². The highest BCUT2D eigenvalue weighted by atomic mass is 16.6. The van der Waals surface area contributed by atoms with Gasteiger partial charge in [0.05, 0.1) is 17.5 Å². The molecule has 0 bridgehead atoms. The minimum Gasteiger partial charge on any atom is -0.464 e. The Bertz CT molecular complexity index is 1420. The molecule has 1 heterocycles. The van der Waals surface area contributed by atoms with Crippen molar-refractivity contribution in [3.8, 4) is 0 Å². The molecule has 0 unspecified atom stereocenters. The smallest absolute Gasteiger partial charge is 0.359 e. The zero-order valence-electron chi connectivity index (χ0n) is 18.9. The lowest BCUT2D eigenvalue weighted by Gasteiger charge is -2.37. The fourth-order valence-electron chi connectivity index (χ4n) is 4.63. The Balaban J connectivity index is 1.98. The first-order chi connectivity index (χ1) is 17.1. The predicted molar refractivity (Wildman–Crippen MR) is 132 cm³/mol. The van der Waals surface area contributed by atoms with E-state index in [1.165, 1.54) is 19.2 Å². The van der Waals surface area contributed by atoms with Gasteiger partial charge in [-0.1, -0.05) is 91.0 Å². The highest BCUT2D eigenvalue weighted by Gasteiger charge is 2.41. The number of nitrogens with zero attached hydrogens (tertiary/aromatic N) is 3. The van der Waals surface area contributed by atoms with E-state index < -0.39 is 16.4 Å². The van der Waals surface area contributed by atoms with Crippen LogP contribution in [-0.2, 0) is 10.3 Å². The molecule has 0 N–H and O–H groups in total. The summed E-state index contributed by atoms with van der Waals surface area (Å²) in [6.07, 6.45) is 0. The molecule has 172 valence electrons. The van der Waals surface area contributed by atoms with Crippen molar-refractivity contribution in [2.75, 3.05) is 7.11 Å². The number of nitro groups is 1. The van der Waals surface area contributed by atoms with Gasteiger partial charge < -0.3 is 4.74 Å². The lowest BCUT2D eigenvalue weighted by Crippen LogP contribution is -2.38. The minimum atomic E-state index is -0.982. The topological polar surface area (TPSA) is 87.3 Å². The second kappa shape index (κ2) is 8.87. The van der Waals surface area contributed by atoms with E-state index in [0.29, 0.717) is 10.9 Å². The van der Waals surface area contributed by atoms with E-state index in [4.69, 9.17) is 9.84 Å². The van der Waals surface area contributed by atoms with E-state index in [9.17, 15) is 14.9 Å². The number of hydrogen-bond acceptors (Lipinski definition) is 5. The largest absolute Gasteiger partial charge is 0.464 e. The highest BCUT2D eigenvalue weighted by molar-refractivity contribution is 6.03. The fraction of sp³-hybridized carbons (Fsp3) is 0.0714. The number of esters is 1. The molecule has 1 aromatic heterocycles. The third-order valence-corrected chi connectivity index (χ3v) is 6.15. The molecule has 0 aliphatic rings. The zero-order valence-corrected chi connectivity index (χ0v) is 18.9. The molecule has 0 radical (unpaired) electrons. The Morgan fingerprint density at radius 1 is 0.829 bits per heavy atom. The minimum absolute atomic E-state index is 0.0124. The van der Waals surface area contributed by atoms with E-state index in [-0.39, 0.29) is 11.4 Å². The summed E-state index contributed by atoms with van der Waals surface area (Å²) in [5.74, 6) is -0.669. The second-order valence-electron chi connectivity index (χ2n) is 8.02. The van der Waals surface area contributed by atoms with Crippen molar-refractivity contribution in [3.05, 3.63) is 142 Å². The molecule has 7 heteroatoms. The van der Waals surface area contributed by atoms with Gasteiger partial charge in [0, 0.05) is 17.5 Å². The molecular weight excluding hydrogens is 442 g/mol. The van der Waals surface area contributed by atoms with Crippen molar-refractivity contribution >= 4 is 22.6 Å². The van der Waals surface area contributed by atoms with Gasteiger partial charge >= 0.3 is 5.97 Å². The molecule has 0 amide bonds. The van der Waals surface area contributed by atoms with Crippen LogP contribution in [-0.4, -0.2) is 27.8 Å². The van der Waals surface area contributed by atoms with Gasteiger partial charge in [0.1, 0.15) is 5.54 Å². The van der Waals surface area contributed by atoms with Gasteiger partial charge in [-0.3, -0.25) is 10.1 Å². The predicted octanol–water partition coefficient (Wildman–Crippen LogP) is 5.57. The van der Waals surface area contributed by atoms with Crippen molar-refractivity contribution in [1.82, 2.24) is 9.78 Å². The van der Waals surface area contributed by atoms with Gasteiger partial charge in [-0.25, -0.2) is 9.48 Å². The van der Waals surface area contributed by atoms with Gasteiger partial charge in [-0.2, -0.15) is 5.10 Å². The summed E-state index contributed by atoms with van der Waals surface area (Å²) >= 11 is 0. The Labute approximate surface area is 201 Å². The molecule has 0 aliphatic carbocycles. The van der Waals surface area contributed by atoms with Gasteiger partial charge in [-0.15, -0.1) is 0 Å². The number of carbonyl (C=O) groups excluding carboxylic acids is 1. The molecule has 5 aromatic rings. The Morgan fingerprint density at radius 3 is 1.74 bits per heavy atom. The standard InChI is InChI=1S/C28H21N3O4/c1-35-27(32)26-24-19-23(31(33)34)17-18-25(24)30(29-26)28(20-11-5-2-6-12-20,21-13-7-3-8-14-21)22-15-9-4-10-16-22/h2-19H,1H3. The maximum absolute atomic E-state index is 12.8. The zero-order chi connectivity index (χ0) is 24.4. The maximum Gasteiger partial charge on any atom is 0.359 e. The van der Waals surface area contributed by atoms with Gasteiger partial charge in [0.2, 0.25) is 0 Å². The molecule has 0 atom stereocenters. The molecule has 0 spiro atoms. The molecular formula is C28H21N3O4. The number of benzene rings is 4. The quantitative estimate of drug-likeness (QED) is 0.142. The molecule has 5 rings (SSSR count). The number of hydrogen-bond donors (Lipinski definition) is 0. The van der Waals surface area contributed by atoms with Crippen molar-refractivity contribution in [2.24, 2.45) is 0 Å². The van der Waals surface area contributed by atoms with E-state index in [1.54, 1.807) is 10.7 Å². The number of aromatic nitrogens is 2. The van der Waals surface area contributed by atoms with Crippen molar-refractivity contribution < 1.29 is 14.5 Å². The van der Waals surface area contributed by atoms with Gasteiger partial charge in [0.25, 0.3) is 5.69 Å². The molecule has 7 nitrogen and oxygen atoms in total. The molecule has 0 saturated carbocycles. The maximum atomic E-state index is 12.8. The van der Waals surface area contributed by atoms with Gasteiger partial charge in [-0.05, 0) is 22.8 Å². The third kappa shape index (κ3) is 3.54. The van der Waals surface area contributed by atoms with Crippen molar-refractivity contribution in [2.45, 2.75) is 5.54 Å². The SMILES string of the molecule is COC(=O)c1nn(C(c2ccccc2)(c2ccccc2)c2ccccc2)c2ccc([N+](=O)[O-])cc12. The summed E-state index contributed by atoms with van der Waals surface area (Å²) in [5.41, 5.74) is 2.20. The number of ether oxygens (including phenoxy) is 1. The average molecular weight is 463 g/mol. The monoisotopic (exact) mass is 463 g/mol. The number of methoxy groups -OCH3 is 1. The summed E-state index contributed by atoms with van der Waals surface area (Å²) in [7, 11) is 1.27. The average Bonchev–Trinajstić information content (AvgIpc) is 3.30. The first-order valence-corrected chi connectivity index (χ1v) is 11.0. The lowest BCUT2D eigenvalue weighted by molar-refractivity contribution is -0.384. The summed E-state index contributed by atoms with van der Waals surface area (Å²) in [4.78, 5) is 23.8. The number of non-ortho nitro benzene ring substituents is 1. The Kier molecular flexibility index (Phi) is 5.58. The second-order valence-corrected chi connectivity index (χ2v) is 8.02. The number of carbonyl (C=O) groups is 1. The number of fused-ring (bicyclic) bond motifs is 1. The molecule has 0 saturated heterocycles. The van der Waals surface area contributed by atoms with Crippen LogP contribution in [0.5, 0.6) is 0 Å². The van der Waals surface area contributed by atoms with E-state index in [1.807, 2.05) is 91.0 Å². The van der Waals surface area contributed by atoms with Crippen LogP contribution in [0.2, 0.25) is 0 Å². The first kappa shape index (κ1) is 22.0. The Hall–Kier alpha value is -4.78. The normalized spacial score (nSPS) is 11.3. The summed E-state index contributed by atoms with van der Waals surface area (Å²) in [6.45, 7) is 0. The van der Waals surface area contributed by atoms with Crippen LogP contribution in [0.3, 0.4) is 0 Å². The highest BCUT2D eigenvalue weighted by Crippen LogP contribution is 2.43. The van der Waals surface area contributed by atoms with E-state index in [2.05, 4.69) is 0 Å². The van der Waals surface area contributed by atoms with Crippen molar-refractivity contribution in [1.29, 1.82) is 0 Å². The lowest BCUT2D eigenvalue weighted by atomic mass is 9.77. The molecule has 0 fully saturated rings. The van der Waals surface area contributed by atoms with Gasteiger partial charge in [0.15, 0.2) is 5.69 Å². The van der Waals surface area contributed by atoms with Crippen molar-refractivity contribution in [3.63, 3.8) is 0 Å².